The van der Waals surface area contributed by atoms with Gasteiger partial charge in [0.15, 0.2) is 15.7 Å². The van der Waals surface area contributed by atoms with Crippen molar-refractivity contribution in [3.8, 4) is 5.69 Å². The Morgan fingerprint density at radius 1 is 1.21 bits per heavy atom. The van der Waals surface area contributed by atoms with Crippen LogP contribution < -0.4 is 10.5 Å². The average Bonchev–Trinajstić information content (AvgIpc) is 2.59. The minimum absolute atomic E-state index is 0.134. The van der Waals surface area contributed by atoms with Crippen molar-refractivity contribution in [2.24, 2.45) is 5.41 Å². The van der Waals surface area contributed by atoms with Crippen molar-refractivity contribution in [3.63, 3.8) is 0 Å². The number of aryl methyl sites for hydroxylation is 1. The minimum Gasteiger partial charge on any atom is -0.380 e. The van der Waals surface area contributed by atoms with Gasteiger partial charge in [-0.25, -0.2) is 13.4 Å². The number of anilines is 1. The van der Waals surface area contributed by atoms with Crippen LogP contribution in [0.15, 0.2) is 40.2 Å². The molecule has 2 aliphatic rings. The highest BCUT2D eigenvalue weighted by Crippen LogP contribution is 2.38. The van der Waals surface area contributed by atoms with Crippen LogP contribution >= 0.6 is 0 Å². The van der Waals surface area contributed by atoms with E-state index in [9.17, 15) is 18.0 Å². The van der Waals surface area contributed by atoms with Gasteiger partial charge in [-0.3, -0.25) is 9.36 Å². The summed E-state index contributed by atoms with van der Waals surface area (Å²) >= 11 is 0. The van der Waals surface area contributed by atoms with E-state index in [1.54, 1.807) is 18.3 Å². The monoisotopic (exact) mass is 403 g/mol. The Balaban J connectivity index is 1.72. The molecule has 1 aromatic heterocycles. The summed E-state index contributed by atoms with van der Waals surface area (Å²) in [4.78, 5) is 30.5. The summed E-state index contributed by atoms with van der Waals surface area (Å²) in [5.41, 5.74) is 1.06. The summed E-state index contributed by atoms with van der Waals surface area (Å²) < 4.78 is 30.1. The Hall–Kier alpha value is -2.52. The third-order valence-electron chi connectivity index (χ3n) is 5.17. The molecule has 1 aromatic carbocycles. The van der Waals surface area contributed by atoms with Crippen molar-refractivity contribution < 1.29 is 17.9 Å². The predicted octanol–water partition coefficient (Wildman–Crippen LogP) is 0.604. The van der Waals surface area contributed by atoms with E-state index in [0.29, 0.717) is 43.3 Å². The molecule has 0 unspecified atom stereocenters. The molecule has 2 aromatic rings. The molecule has 2 saturated heterocycles. The van der Waals surface area contributed by atoms with Crippen LogP contribution in [0.5, 0.6) is 0 Å². The van der Waals surface area contributed by atoms with Crippen LogP contribution in [0.3, 0.4) is 0 Å². The second kappa shape index (κ2) is 6.82. The topological polar surface area (TPSA) is 98.6 Å². The van der Waals surface area contributed by atoms with Crippen LogP contribution in [0.2, 0.25) is 0 Å². The van der Waals surface area contributed by atoms with E-state index < -0.39 is 9.84 Å². The molecule has 28 heavy (non-hydrogen) atoms. The lowest BCUT2D eigenvalue weighted by molar-refractivity contribution is -0.127. The third-order valence-corrected chi connectivity index (χ3v) is 6.30. The fourth-order valence-electron chi connectivity index (χ4n) is 3.59. The molecule has 0 bridgehead atoms. The summed E-state index contributed by atoms with van der Waals surface area (Å²) in [7, 11) is -3.32. The second-order valence-corrected chi connectivity index (χ2v) is 9.57. The van der Waals surface area contributed by atoms with E-state index in [0.717, 1.165) is 25.6 Å². The highest BCUT2D eigenvalue weighted by molar-refractivity contribution is 7.90. The average molecular weight is 403 g/mol. The van der Waals surface area contributed by atoms with E-state index in [1.807, 2.05) is 4.90 Å². The molecule has 0 N–H and O–H groups in total. The number of aldehydes is 1. The van der Waals surface area contributed by atoms with Gasteiger partial charge in [0.05, 0.1) is 29.2 Å². The predicted molar refractivity (Wildman–Crippen MR) is 103 cm³/mol. The van der Waals surface area contributed by atoms with Crippen LogP contribution in [0, 0.1) is 5.41 Å². The number of aromatic nitrogens is 2. The van der Waals surface area contributed by atoms with Gasteiger partial charge in [0.1, 0.15) is 6.29 Å². The van der Waals surface area contributed by atoms with Crippen LogP contribution in [-0.2, 0) is 25.8 Å². The second-order valence-electron chi connectivity index (χ2n) is 7.55. The molecule has 2 aliphatic heterocycles. The van der Waals surface area contributed by atoms with Gasteiger partial charge in [-0.15, -0.1) is 0 Å². The Bertz CT molecular complexity index is 1060. The summed E-state index contributed by atoms with van der Waals surface area (Å²) in [6.45, 7) is 2.85. The molecular formula is C19H21N3O5S. The third kappa shape index (κ3) is 3.35. The number of nitrogens with zero attached hydrogens (tertiary/aromatic N) is 3. The summed E-state index contributed by atoms with van der Waals surface area (Å²) in [6.07, 6.45) is 4.32. The highest BCUT2D eigenvalue weighted by atomic mass is 32.2. The van der Waals surface area contributed by atoms with Crippen LogP contribution in [0.4, 0.5) is 5.82 Å². The molecule has 8 nitrogen and oxygen atoms in total. The van der Waals surface area contributed by atoms with Crippen molar-refractivity contribution in [1.29, 1.82) is 0 Å². The van der Waals surface area contributed by atoms with Crippen LogP contribution in [-0.4, -0.2) is 56.8 Å². The molecule has 2 fully saturated rings. The van der Waals surface area contributed by atoms with Gasteiger partial charge in [-0.1, -0.05) is 0 Å². The van der Waals surface area contributed by atoms with Gasteiger partial charge in [0.2, 0.25) is 0 Å². The normalized spacial score (nSPS) is 17.8. The fourth-order valence-corrected chi connectivity index (χ4v) is 4.22. The SMILES string of the molecule is CS(=O)(=O)c1ccc(-n2cc(CCC=O)nc(N3CC4(COC4)C3)c2=O)cc1. The van der Waals surface area contributed by atoms with Crippen LogP contribution in [0.25, 0.3) is 5.69 Å². The van der Waals surface area contributed by atoms with Crippen molar-refractivity contribution in [2.45, 2.75) is 17.7 Å². The first-order valence-corrected chi connectivity index (χ1v) is 10.9. The van der Waals surface area contributed by atoms with E-state index in [1.165, 1.54) is 16.7 Å². The van der Waals surface area contributed by atoms with Gasteiger partial charge in [-0.2, -0.15) is 0 Å². The molecule has 0 atom stereocenters. The molecule has 0 saturated carbocycles. The molecular weight excluding hydrogens is 382 g/mol. The molecule has 0 aliphatic carbocycles. The van der Waals surface area contributed by atoms with E-state index in [4.69, 9.17) is 4.74 Å². The summed E-state index contributed by atoms with van der Waals surface area (Å²) in [5, 5.41) is 0. The first-order chi connectivity index (χ1) is 13.3. The molecule has 0 radical (unpaired) electrons. The number of hydrogen-bond donors (Lipinski definition) is 0. The van der Waals surface area contributed by atoms with Crippen molar-refractivity contribution in [3.05, 3.63) is 46.5 Å². The number of rotatable bonds is 6. The van der Waals surface area contributed by atoms with Gasteiger partial charge in [-0.05, 0) is 30.7 Å². The molecule has 9 heteroatoms. The first kappa shape index (κ1) is 18.8. The smallest absolute Gasteiger partial charge is 0.298 e. The largest absolute Gasteiger partial charge is 0.380 e. The maximum Gasteiger partial charge on any atom is 0.298 e. The Morgan fingerprint density at radius 3 is 2.43 bits per heavy atom. The lowest BCUT2D eigenvalue weighted by atomic mass is 9.78. The maximum absolute atomic E-state index is 13.1. The van der Waals surface area contributed by atoms with Crippen LogP contribution in [0.1, 0.15) is 12.1 Å². The quantitative estimate of drug-likeness (QED) is 0.652. The Labute approximate surface area is 162 Å². The Kier molecular flexibility index (Phi) is 4.59. The number of carbonyl (C=O) groups excluding carboxylic acids is 1. The van der Waals surface area contributed by atoms with Gasteiger partial charge in [0.25, 0.3) is 5.56 Å². The highest BCUT2D eigenvalue weighted by Gasteiger charge is 2.50. The Morgan fingerprint density at radius 2 is 1.89 bits per heavy atom. The lowest BCUT2D eigenvalue weighted by Gasteiger charge is -2.55. The molecule has 1 spiro atoms. The number of ether oxygens (including phenoxy) is 1. The molecule has 4 rings (SSSR count). The minimum atomic E-state index is -3.32. The van der Waals surface area contributed by atoms with E-state index >= 15 is 0 Å². The molecule has 148 valence electrons. The molecule has 0 amide bonds. The standard InChI is InChI=1S/C19H21N3O5S/c1-28(25,26)16-6-4-15(5-7-16)22-9-14(3-2-8-23)20-17(18(22)24)21-10-19(11-21)12-27-13-19/h4-9H,2-3,10-13H2,1H3. The zero-order valence-corrected chi connectivity index (χ0v) is 16.3. The zero-order chi connectivity index (χ0) is 19.9. The number of hydrogen-bond acceptors (Lipinski definition) is 7. The molecule has 3 heterocycles. The number of sulfone groups is 1. The summed E-state index contributed by atoms with van der Waals surface area (Å²) in [6, 6.07) is 6.16. The maximum atomic E-state index is 13.1. The van der Waals surface area contributed by atoms with Gasteiger partial charge >= 0.3 is 0 Å². The fraction of sp³-hybridized carbons (Fsp3) is 0.421. The lowest BCUT2D eigenvalue weighted by Crippen LogP contribution is -2.67. The van der Waals surface area contributed by atoms with Crippen molar-refractivity contribution in [1.82, 2.24) is 9.55 Å². The van der Waals surface area contributed by atoms with Crippen molar-refractivity contribution in [2.75, 3.05) is 37.5 Å². The van der Waals surface area contributed by atoms with Gasteiger partial charge in [0, 0.05) is 37.7 Å². The summed E-state index contributed by atoms with van der Waals surface area (Å²) in [5.74, 6) is 0.355. The van der Waals surface area contributed by atoms with Gasteiger partial charge < -0.3 is 14.4 Å². The number of carbonyl (C=O) groups is 1. The first-order valence-electron chi connectivity index (χ1n) is 9.01. The van der Waals surface area contributed by atoms with E-state index in [2.05, 4.69) is 4.98 Å². The zero-order valence-electron chi connectivity index (χ0n) is 15.5. The number of benzene rings is 1. The van der Waals surface area contributed by atoms with Crippen molar-refractivity contribution >= 4 is 21.9 Å². The van der Waals surface area contributed by atoms with E-state index in [-0.39, 0.29) is 15.9 Å².